The molecule has 0 spiro atoms. The van der Waals surface area contributed by atoms with Gasteiger partial charge in [0.05, 0.1) is 37.5 Å². The Hall–Kier alpha value is -2.20. The summed E-state index contributed by atoms with van der Waals surface area (Å²) in [5.41, 5.74) is -2.60. The molecule has 2 saturated heterocycles. The molecule has 3 N–H and O–H groups in total. The van der Waals surface area contributed by atoms with E-state index in [9.17, 15) is 48.3 Å². The molecular weight excluding hydrogens is 562 g/mol. The summed E-state index contributed by atoms with van der Waals surface area (Å²) in [6.07, 6.45) is -11.6. The van der Waals surface area contributed by atoms with E-state index in [2.05, 4.69) is 10.6 Å². The average molecular weight is 587 g/mol. The maximum absolute atomic E-state index is 13.4. The number of nitrogens with one attached hydrogen (secondary N) is 2. The van der Waals surface area contributed by atoms with Gasteiger partial charge in [-0.3, -0.25) is 0 Å². The fourth-order valence-electron chi connectivity index (χ4n) is 5.00. The third-order valence-electron chi connectivity index (χ3n) is 6.95. The van der Waals surface area contributed by atoms with Crippen LogP contribution in [0.15, 0.2) is 58.3 Å². The zero-order valence-electron chi connectivity index (χ0n) is 19.5. The molecule has 4 unspecified atom stereocenters. The van der Waals surface area contributed by atoms with E-state index in [4.69, 9.17) is 0 Å². The first-order valence-electron chi connectivity index (χ1n) is 11.5. The van der Waals surface area contributed by atoms with Gasteiger partial charge in [-0.05, 0) is 37.1 Å². The molecule has 2 aliphatic heterocycles. The van der Waals surface area contributed by atoms with Crippen molar-refractivity contribution < 1.29 is 48.3 Å². The summed E-state index contributed by atoms with van der Waals surface area (Å²) in [6.45, 7) is -0.493. The maximum atomic E-state index is 13.4. The standard InChI is InChI=1S/C23H24F6N2O5S2/c24-22(25,26)15-5-1-3-7-19(15)37(33,34)13-9-17(30-11-13)21(32)18-10-14(12-31-18)38(35,36)20-8-4-2-6-16(20)23(27,28)29/h1-8,13-14,17-18,21,30-32H,9-12H2. The molecule has 0 saturated carbocycles. The van der Waals surface area contributed by atoms with Crippen molar-refractivity contribution in [3.63, 3.8) is 0 Å². The topological polar surface area (TPSA) is 113 Å². The van der Waals surface area contributed by atoms with E-state index in [0.29, 0.717) is 12.1 Å². The first-order chi connectivity index (χ1) is 17.5. The molecule has 2 heterocycles. The predicted octanol–water partition coefficient (Wildman–Crippen LogP) is 2.79. The number of aliphatic hydroxyl groups is 1. The van der Waals surface area contributed by atoms with E-state index in [0.717, 1.165) is 24.3 Å². The fraction of sp³-hybridized carbons (Fsp3) is 0.478. The molecule has 0 radical (unpaired) electrons. The number of alkyl halides is 6. The lowest BCUT2D eigenvalue weighted by Crippen LogP contribution is -2.46. The molecule has 4 atom stereocenters. The summed E-state index contributed by atoms with van der Waals surface area (Å²) < 4.78 is 132. The molecule has 7 nitrogen and oxygen atoms in total. The number of benzene rings is 2. The van der Waals surface area contributed by atoms with Crippen molar-refractivity contribution in [1.29, 1.82) is 0 Å². The van der Waals surface area contributed by atoms with Crippen LogP contribution in [0.2, 0.25) is 0 Å². The Morgan fingerprint density at radius 1 is 0.684 bits per heavy atom. The van der Waals surface area contributed by atoms with Crippen molar-refractivity contribution >= 4 is 19.7 Å². The molecule has 210 valence electrons. The number of halogens is 6. The largest absolute Gasteiger partial charge is 0.417 e. The van der Waals surface area contributed by atoms with E-state index in [1.165, 1.54) is 12.1 Å². The van der Waals surface area contributed by atoms with Gasteiger partial charge in [0.15, 0.2) is 19.7 Å². The smallest absolute Gasteiger partial charge is 0.390 e. The summed E-state index contributed by atoms with van der Waals surface area (Å²) in [4.78, 5) is -1.74. The highest BCUT2D eigenvalue weighted by Crippen LogP contribution is 2.38. The highest BCUT2D eigenvalue weighted by molar-refractivity contribution is 7.92. The Balaban J connectivity index is 1.48. The van der Waals surface area contributed by atoms with Crippen LogP contribution < -0.4 is 10.6 Å². The lowest BCUT2D eigenvalue weighted by atomic mass is 10.0. The zero-order valence-corrected chi connectivity index (χ0v) is 21.1. The summed E-state index contributed by atoms with van der Waals surface area (Å²) in [7, 11) is -8.90. The SMILES string of the molecule is O=S(=O)(c1ccccc1C(F)(F)F)C1CNC(C(O)C2CC(S(=O)(=O)c3ccccc3C(F)(F)F)CN2)C1. The third kappa shape index (κ3) is 5.43. The second-order valence-corrected chi connectivity index (χ2v) is 13.7. The highest BCUT2D eigenvalue weighted by atomic mass is 32.2. The van der Waals surface area contributed by atoms with Gasteiger partial charge in [-0.1, -0.05) is 24.3 Å². The van der Waals surface area contributed by atoms with Crippen LogP contribution in [0.25, 0.3) is 0 Å². The van der Waals surface area contributed by atoms with Gasteiger partial charge >= 0.3 is 12.4 Å². The van der Waals surface area contributed by atoms with E-state index in [-0.39, 0.29) is 25.9 Å². The molecule has 4 rings (SSSR count). The second kappa shape index (κ2) is 10.1. The molecule has 0 aliphatic carbocycles. The van der Waals surface area contributed by atoms with Crippen molar-refractivity contribution in [2.75, 3.05) is 13.1 Å². The van der Waals surface area contributed by atoms with Gasteiger partial charge in [-0.2, -0.15) is 26.3 Å². The van der Waals surface area contributed by atoms with Crippen LogP contribution in [-0.2, 0) is 32.0 Å². The third-order valence-corrected chi connectivity index (χ3v) is 11.4. The van der Waals surface area contributed by atoms with Crippen molar-refractivity contribution in [2.24, 2.45) is 0 Å². The quantitative estimate of drug-likeness (QED) is 0.447. The minimum atomic E-state index is -4.90. The van der Waals surface area contributed by atoms with Crippen LogP contribution in [0.1, 0.15) is 24.0 Å². The van der Waals surface area contributed by atoms with Gasteiger partial charge in [-0.15, -0.1) is 0 Å². The minimum absolute atomic E-state index is 0.246. The lowest BCUT2D eigenvalue weighted by molar-refractivity contribution is -0.140. The van der Waals surface area contributed by atoms with Crippen LogP contribution in [0.4, 0.5) is 26.3 Å². The fourth-order valence-corrected chi connectivity index (χ4v) is 8.78. The molecule has 2 aromatic rings. The van der Waals surface area contributed by atoms with Crippen LogP contribution in [0.3, 0.4) is 0 Å². The summed E-state index contributed by atoms with van der Waals surface area (Å²) >= 11 is 0. The minimum Gasteiger partial charge on any atom is -0.390 e. The molecule has 15 heteroatoms. The number of aliphatic hydroxyl groups excluding tert-OH is 1. The molecule has 0 bridgehead atoms. The Kier molecular flexibility index (Phi) is 7.64. The normalized spacial score (nSPS) is 26.0. The van der Waals surface area contributed by atoms with Crippen molar-refractivity contribution in [1.82, 2.24) is 10.6 Å². The van der Waals surface area contributed by atoms with Crippen LogP contribution in [0.5, 0.6) is 0 Å². The Bertz CT molecular complexity index is 1290. The monoisotopic (exact) mass is 586 g/mol. The molecule has 38 heavy (non-hydrogen) atoms. The van der Waals surface area contributed by atoms with Gasteiger partial charge in [-0.25, -0.2) is 16.8 Å². The molecule has 0 amide bonds. The summed E-state index contributed by atoms with van der Waals surface area (Å²) in [5.74, 6) is 0. The predicted molar refractivity (Wildman–Crippen MR) is 124 cm³/mol. The van der Waals surface area contributed by atoms with Gasteiger partial charge in [0.25, 0.3) is 0 Å². The lowest BCUT2D eigenvalue weighted by Gasteiger charge is -2.25. The Morgan fingerprint density at radius 3 is 1.37 bits per heavy atom. The molecule has 0 aromatic heterocycles. The summed E-state index contributed by atoms with van der Waals surface area (Å²) in [5, 5.41) is 13.8. The van der Waals surface area contributed by atoms with Crippen LogP contribution in [-0.4, -0.2) is 63.7 Å². The van der Waals surface area contributed by atoms with E-state index >= 15 is 0 Å². The molecule has 2 fully saturated rings. The van der Waals surface area contributed by atoms with Crippen molar-refractivity contribution in [3.05, 3.63) is 59.7 Å². The van der Waals surface area contributed by atoms with E-state index < -0.39 is 81.6 Å². The van der Waals surface area contributed by atoms with Gasteiger partial charge in [0.1, 0.15) is 0 Å². The number of hydrogen-bond donors (Lipinski definition) is 3. The van der Waals surface area contributed by atoms with Crippen LogP contribution in [0, 0.1) is 0 Å². The first kappa shape index (κ1) is 28.8. The van der Waals surface area contributed by atoms with Gasteiger partial charge in [0, 0.05) is 25.2 Å². The highest BCUT2D eigenvalue weighted by Gasteiger charge is 2.47. The van der Waals surface area contributed by atoms with Crippen LogP contribution >= 0.6 is 0 Å². The maximum Gasteiger partial charge on any atom is 0.417 e. The molecule has 2 aromatic carbocycles. The molecule has 2 aliphatic rings. The second-order valence-electron chi connectivity index (χ2n) is 9.31. The zero-order chi connectivity index (χ0) is 28.1. The number of sulfone groups is 2. The van der Waals surface area contributed by atoms with E-state index in [1.807, 2.05) is 0 Å². The van der Waals surface area contributed by atoms with Crippen molar-refractivity contribution in [2.45, 2.75) is 63.7 Å². The number of rotatable bonds is 6. The Morgan fingerprint density at radius 2 is 1.03 bits per heavy atom. The van der Waals surface area contributed by atoms with Gasteiger partial charge < -0.3 is 15.7 Å². The number of hydrogen-bond acceptors (Lipinski definition) is 7. The average Bonchev–Trinajstić information content (AvgIpc) is 3.54. The van der Waals surface area contributed by atoms with E-state index in [1.54, 1.807) is 0 Å². The first-order valence-corrected chi connectivity index (χ1v) is 14.6. The van der Waals surface area contributed by atoms with Gasteiger partial charge in [0.2, 0.25) is 0 Å². The van der Waals surface area contributed by atoms with Crippen molar-refractivity contribution in [3.8, 4) is 0 Å². The summed E-state index contributed by atoms with van der Waals surface area (Å²) in [6, 6.07) is 5.76. The Labute approximate surface area is 215 Å². The molecular formula is C23H24F6N2O5S2.